The van der Waals surface area contributed by atoms with Crippen LogP contribution >= 0.6 is 0 Å². The number of hydrogen-bond donors (Lipinski definition) is 3. The lowest BCUT2D eigenvalue weighted by Crippen LogP contribution is -2.27. The van der Waals surface area contributed by atoms with E-state index in [1.54, 1.807) is 12.3 Å². The molecule has 0 aliphatic carbocycles. The lowest BCUT2D eigenvalue weighted by atomic mass is 10.1. The van der Waals surface area contributed by atoms with Gasteiger partial charge in [0.1, 0.15) is 5.65 Å². The van der Waals surface area contributed by atoms with Gasteiger partial charge in [-0.3, -0.25) is 9.59 Å². The van der Waals surface area contributed by atoms with Crippen LogP contribution < -0.4 is 11.1 Å². The number of aryl methyl sites for hydroxylation is 1. The van der Waals surface area contributed by atoms with E-state index in [-0.39, 0.29) is 26.3 Å². The van der Waals surface area contributed by atoms with Crippen LogP contribution in [-0.4, -0.2) is 32.9 Å². The molecule has 7 heteroatoms. The van der Waals surface area contributed by atoms with E-state index < -0.39 is 5.91 Å². The number of primary amides is 1. The van der Waals surface area contributed by atoms with E-state index in [1.165, 1.54) is 0 Å². The van der Waals surface area contributed by atoms with Gasteiger partial charge in [0.05, 0.1) is 0 Å². The Morgan fingerprint density at radius 2 is 2.07 bits per heavy atom. The fourth-order valence-corrected chi connectivity index (χ4v) is 3.24. The maximum absolute atomic E-state index is 12.3. The number of aromatic amines is 1. The number of aromatic nitrogens is 3. The smallest absolute Gasteiger partial charge is 0.251 e. The van der Waals surface area contributed by atoms with E-state index in [0.717, 1.165) is 33.2 Å². The molecule has 4 aromatic rings. The summed E-state index contributed by atoms with van der Waals surface area (Å²) in [5.41, 5.74) is 9.45. The predicted molar refractivity (Wildman–Crippen MR) is 111 cm³/mol. The molecule has 0 radical (unpaired) electrons. The fourth-order valence-electron chi connectivity index (χ4n) is 3.24. The minimum absolute atomic E-state index is 0. The minimum Gasteiger partial charge on any atom is -0.370 e. The molecule has 1 aromatic carbocycles. The van der Waals surface area contributed by atoms with Gasteiger partial charge in [0.2, 0.25) is 5.91 Å². The third kappa shape index (κ3) is 3.46. The highest BCUT2D eigenvalue weighted by molar-refractivity contribution is 6.02. The first-order valence-corrected chi connectivity index (χ1v) is 8.62. The zero-order valence-electron chi connectivity index (χ0n) is 14.8. The largest absolute Gasteiger partial charge is 0.370 e. The second-order valence-corrected chi connectivity index (χ2v) is 6.48. The standard InChI is InChI=1S/C20H19N5O2.CH4/c1-25-11-15(16-9-12-3-2-7-22-19(12)24-16)14-5-4-13(10-17(14)25)20(27)23-8-6-18(21)26;/h2-5,7,9-11H,6,8H2,1H3,(H2,21,26)(H,22,24)(H,23,27);1H4. The normalized spacial score (nSPS) is 10.8. The molecule has 0 unspecified atom stereocenters. The SMILES string of the molecule is C.Cn1cc(-c2cc3cccnc3[nH]2)c2ccc(C(=O)NCCC(N)=O)cc21. The van der Waals surface area contributed by atoms with Crippen molar-refractivity contribution in [3.05, 3.63) is 54.4 Å². The second-order valence-electron chi connectivity index (χ2n) is 6.48. The number of amides is 2. The second kappa shape index (κ2) is 7.56. The van der Waals surface area contributed by atoms with Gasteiger partial charge < -0.3 is 20.6 Å². The van der Waals surface area contributed by atoms with Gasteiger partial charge in [-0.25, -0.2) is 4.98 Å². The van der Waals surface area contributed by atoms with Crippen molar-refractivity contribution in [1.82, 2.24) is 19.9 Å². The molecule has 0 aliphatic heterocycles. The first-order chi connectivity index (χ1) is 13.0. The van der Waals surface area contributed by atoms with E-state index >= 15 is 0 Å². The first kappa shape index (κ1) is 19.2. The number of carbonyl (C=O) groups is 2. The van der Waals surface area contributed by atoms with Crippen LogP contribution in [0.15, 0.2) is 48.8 Å². The Morgan fingerprint density at radius 3 is 2.82 bits per heavy atom. The Balaban J connectivity index is 0.00000225. The van der Waals surface area contributed by atoms with Crippen molar-refractivity contribution in [3.8, 4) is 11.3 Å². The molecule has 2 amide bonds. The molecule has 0 spiro atoms. The van der Waals surface area contributed by atoms with Gasteiger partial charge in [0.15, 0.2) is 0 Å². The fraction of sp³-hybridized carbons (Fsp3) is 0.190. The molecule has 4 rings (SSSR count). The minimum atomic E-state index is -0.439. The summed E-state index contributed by atoms with van der Waals surface area (Å²) in [4.78, 5) is 30.8. The summed E-state index contributed by atoms with van der Waals surface area (Å²) >= 11 is 0. The molecule has 4 N–H and O–H groups in total. The third-order valence-corrected chi connectivity index (χ3v) is 4.59. The van der Waals surface area contributed by atoms with E-state index in [1.807, 2.05) is 42.1 Å². The number of hydrogen-bond acceptors (Lipinski definition) is 3. The van der Waals surface area contributed by atoms with Crippen LogP contribution in [0.25, 0.3) is 33.2 Å². The molecule has 28 heavy (non-hydrogen) atoms. The van der Waals surface area contributed by atoms with Crippen LogP contribution in [-0.2, 0) is 11.8 Å². The Hall–Kier alpha value is -3.61. The van der Waals surface area contributed by atoms with Crippen molar-refractivity contribution < 1.29 is 9.59 Å². The maximum atomic E-state index is 12.3. The molecule has 3 heterocycles. The van der Waals surface area contributed by atoms with Crippen LogP contribution in [0.5, 0.6) is 0 Å². The molecule has 0 bridgehead atoms. The van der Waals surface area contributed by atoms with Crippen LogP contribution in [0.4, 0.5) is 0 Å². The van der Waals surface area contributed by atoms with Crippen molar-refractivity contribution in [2.45, 2.75) is 13.8 Å². The number of rotatable bonds is 5. The Bertz CT molecular complexity index is 1140. The van der Waals surface area contributed by atoms with Gasteiger partial charge in [-0.2, -0.15) is 0 Å². The van der Waals surface area contributed by atoms with Gasteiger partial charge >= 0.3 is 0 Å². The third-order valence-electron chi connectivity index (χ3n) is 4.59. The highest BCUT2D eigenvalue weighted by Crippen LogP contribution is 2.31. The Kier molecular flexibility index (Phi) is 5.17. The number of nitrogens with zero attached hydrogens (tertiary/aromatic N) is 2. The average Bonchev–Trinajstić information content (AvgIpc) is 3.22. The zero-order chi connectivity index (χ0) is 19.0. The van der Waals surface area contributed by atoms with Crippen molar-refractivity contribution in [3.63, 3.8) is 0 Å². The summed E-state index contributed by atoms with van der Waals surface area (Å²) in [5.74, 6) is -0.665. The topological polar surface area (TPSA) is 106 Å². The van der Waals surface area contributed by atoms with Crippen molar-refractivity contribution in [1.29, 1.82) is 0 Å². The monoisotopic (exact) mass is 377 g/mol. The predicted octanol–water partition coefficient (Wildman–Crippen LogP) is 2.96. The maximum Gasteiger partial charge on any atom is 0.251 e. The lowest BCUT2D eigenvalue weighted by molar-refractivity contribution is -0.117. The van der Waals surface area contributed by atoms with Crippen LogP contribution in [0.3, 0.4) is 0 Å². The first-order valence-electron chi connectivity index (χ1n) is 8.62. The van der Waals surface area contributed by atoms with Gasteiger partial charge in [-0.15, -0.1) is 0 Å². The van der Waals surface area contributed by atoms with Crippen molar-refractivity contribution in [2.24, 2.45) is 12.8 Å². The number of fused-ring (bicyclic) bond motifs is 2. The molecule has 3 aromatic heterocycles. The zero-order valence-corrected chi connectivity index (χ0v) is 14.8. The summed E-state index contributed by atoms with van der Waals surface area (Å²) < 4.78 is 1.99. The molecular weight excluding hydrogens is 354 g/mol. The molecule has 0 aliphatic rings. The van der Waals surface area contributed by atoms with E-state index in [9.17, 15) is 9.59 Å². The number of nitrogens with two attached hydrogens (primary N) is 1. The molecule has 0 atom stereocenters. The Labute approximate surface area is 162 Å². The summed E-state index contributed by atoms with van der Waals surface area (Å²) in [5, 5.41) is 4.80. The molecule has 7 nitrogen and oxygen atoms in total. The number of H-pyrrole nitrogens is 1. The average molecular weight is 377 g/mol. The summed E-state index contributed by atoms with van der Waals surface area (Å²) in [7, 11) is 1.95. The Morgan fingerprint density at radius 1 is 1.25 bits per heavy atom. The highest BCUT2D eigenvalue weighted by Gasteiger charge is 2.14. The van der Waals surface area contributed by atoms with Crippen LogP contribution in [0.1, 0.15) is 24.2 Å². The van der Waals surface area contributed by atoms with Gasteiger partial charge in [-0.1, -0.05) is 13.5 Å². The molecular formula is C21H23N5O2. The lowest BCUT2D eigenvalue weighted by Gasteiger charge is -2.05. The molecule has 144 valence electrons. The van der Waals surface area contributed by atoms with Crippen LogP contribution in [0.2, 0.25) is 0 Å². The summed E-state index contributed by atoms with van der Waals surface area (Å²) in [6, 6.07) is 11.6. The van der Waals surface area contributed by atoms with E-state index in [4.69, 9.17) is 5.73 Å². The van der Waals surface area contributed by atoms with Gasteiger partial charge in [-0.05, 0) is 30.3 Å². The van der Waals surface area contributed by atoms with Crippen molar-refractivity contribution in [2.75, 3.05) is 6.54 Å². The molecule has 0 saturated carbocycles. The van der Waals surface area contributed by atoms with Crippen LogP contribution in [0, 0.1) is 0 Å². The number of pyridine rings is 1. The highest BCUT2D eigenvalue weighted by atomic mass is 16.2. The molecule has 0 saturated heterocycles. The summed E-state index contributed by atoms with van der Waals surface area (Å²) in [6.45, 7) is 0.229. The molecule has 0 fully saturated rings. The number of carbonyl (C=O) groups excluding carboxylic acids is 2. The van der Waals surface area contributed by atoms with Crippen molar-refractivity contribution >= 4 is 33.8 Å². The van der Waals surface area contributed by atoms with E-state index in [0.29, 0.717) is 5.56 Å². The number of benzene rings is 1. The summed E-state index contributed by atoms with van der Waals surface area (Å²) in [6.07, 6.45) is 3.91. The quantitative estimate of drug-likeness (QED) is 0.498. The van der Waals surface area contributed by atoms with Gasteiger partial charge in [0.25, 0.3) is 5.91 Å². The van der Waals surface area contributed by atoms with Gasteiger partial charge in [0, 0.05) is 65.5 Å². The number of nitrogens with one attached hydrogen (secondary N) is 2. The van der Waals surface area contributed by atoms with E-state index in [2.05, 4.69) is 21.4 Å².